The number of nitrogens with zero attached hydrogens (tertiary/aromatic N) is 1. The number of carbonyl (C=O) groups is 1. The molecule has 2 aliphatic rings. The third kappa shape index (κ3) is 4.19. The van der Waals surface area contributed by atoms with Gasteiger partial charge in [-0.2, -0.15) is 0 Å². The van der Waals surface area contributed by atoms with Gasteiger partial charge in [0.1, 0.15) is 0 Å². The predicted molar refractivity (Wildman–Crippen MR) is 87.4 cm³/mol. The Kier molecular flexibility index (Phi) is 6.05. The van der Waals surface area contributed by atoms with Gasteiger partial charge >= 0.3 is 0 Å². The Morgan fingerprint density at radius 2 is 2.29 bits per heavy atom. The molecule has 1 saturated carbocycles. The third-order valence-corrected chi connectivity index (χ3v) is 5.21. The summed E-state index contributed by atoms with van der Waals surface area (Å²) in [6.07, 6.45) is 2.66. The van der Waals surface area contributed by atoms with Gasteiger partial charge < -0.3 is 10.1 Å². The second kappa shape index (κ2) is 7.58. The highest BCUT2D eigenvalue weighted by atomic mass is 35.5. The maximum atomic E-state index is 12.2. The van der Waals surface area contributed by atoms with Crippen LogP contribution in [0, 0.1) is 11.8 Å². The van der Waals surface area contributed by atoms with Crippen molar-refractivity contribution in [1.82, 2.24) is 10.2 Å². The molecule has 1 saturated heterocycles. The number of nitrogens with one attached hydrogen (secondary N) is 1. The van der Waals surface area contributed by atoms with Crippen LogP contribution in [-0.2, 0) is 4.74 Å². The van der Waals surface area contributed by atoms with E-state index in [9.17, 15) is 4.79 Å². The zero-order valence-electron chi connectivity index (χ0n) is 12.3. The summed E-state index contributed by atoms with van der Waals surface area (Å²) in [7, 11) is 1.74. The monoisotopic (exact) mass is 330 g/mol. The maximum Gasteiger partial charge on any atom is 0.261 e. The quantitative estimate of drug-likeness (QED) is 0.870. The highest BCUT2D eigenvalue weighted by Gasteiger charge is 2.42. The number of rotatable bonds is 6. The molecule has 2 atom stereocenters. The van der Waals surface area contributed by atoms with Gasteiger partial charge in [-0.15, -0.1) is 23.7 Å². The third-order valence-electron chi connectivity index (χ3n) is 4.34. The van der Waals surface area contributed by atoms with Crippen molar-refractivity contribution < 1.29 is 9.53 Å². The van der Waals surface area contributed by atoms with Crippen LogP contribution < -0.4 is 5.32 Å². The summed E-state index contributed by atoms with van der Waals surface area (Å²) in [6, 6.07) is 4.12. The molecule has 3 rings (SSSR count). The van der Waals surface area contributed by atoms with Gasteiger partial charge in [-0.25, -0.2) is 0 Å². The van der Waals surface area contributed by atoms with E-state index in [1.807, 2.05) is 17.5 Å². The molecule has 2 fully saturated rings. The van der Waals surface area contributed by atoms with E-state index in [0.29, 0.717) is 12.0 Å². The molecule has 1 aromatic heterocycles. The van der Waals surface area contributed by atoms with E-state index >= 15 is 0 Å². The van der Waals surface area contributed by atoms with Crippen molar-refractivity contribution in [2.75, 3.05) is 33.4 Å². The first-order valence-corrected chi connectivity index (χ1v) is 8.21. The molecule has 0 spiro atoms. The van der Waals surface area contributed by atoms with Gasteiger partial charge in [0.25, 0.3) is 5.91 Å². The van der Waals surface area contributed by atoms with E-state index in [1.54, 1.807) is 7.11 Å². The molecular weight excluding hydrogens is 308 g/mol. The minimum atomic E-state index is 0. The predicted octanol–water partition coefficient (Wildman–Crippen LogP) is 2.26. The van der Waals surface area contributed by atoms with Crippen molar-refractivity contribution in [3.05, 3.63) is 22.4 Å². The standard InChI is InChI=1S/C15H22N2O2S.ClH/c1-19-7-6-17-9-12(11-4-5-11)13(10-17)16-15(18)14-3-2-8-20-14;/h2-3,8,11-13H,4-7,9-10H2,1H3,(H,16,18);1H/t12-,13+;/m1./s1. The van der Waals surface area contributed by atoms with Crippen LogP contribution in [0.5, 0.6) is 0 Å². The molecule has 0 radical (unpaired) electrons. The second-order valence-electron chi connectivity index (χ2n) is 5.81. The van der Waals surface area contributed by atoms with E-state index in [2.05, 4.69) is 10.2 Å². The lowest BCUT2D eigenvalue weighted by molar-refractivity contribution is 0.0931. The molecule has 0 unspecified atom stereocenters. The first-order chi connectivity index (χ1) is 9.78. The Bertz CT molecular complexity index is 451. The SMILES string of the molecule is COCCN1C[C@H](NC(=O)c2cccs2)[C@@H](C2CC2)C1.Cl. The smallest absolute Gasteiger partial charge is 0.261 e. The summed E-state index contributed by atoms with van der Waals surface area (Å²) in [5.41, 5.74) is 0. The minimum absolute atomic E-state index is 0. The zero-order valence-corrected chi connectivity index (χ0v) is 13.9. The lowest BCUT2D eigenvalue weighted by Gasteiger charge is -2.19. The number of amides is 1. The van der Waals surface area contributed by atoms with E-state index in [0.717, 1.165) is 37.0 Å². The summed E-state index contributed by atoms with van der Waals surface area (Å²) in [4.78, 5) is 15.5. The highest BCUT2D eigenvalue weighted by Crippen LogP contribution is 2.41. The van der Waals surface area contributed by atoms with Crippen LogP contribution in [0.25, 0.3) is 0 Å². The molecule has 1 aliphatic carbocycles. The summed E-state index contributed by atoms with van der Waals surface area (Å²) < 4.78 is 5.16. The topological polar surface area (TPSA) is 41.6 Å². The zero-order chi connectivity index (χ0) is 13.9. The largest absolute Gasteiger partial charge is 0.383 e. The van der Waals surface area contributed by atoms with Crippen LogP contribution in [0.2, 0.25) is 0 Å². The summed E-state index contributed by atoms with van der Waals surface area (Å²) in [6.45, 7) is 3.79. The number of ether oxygens (including phenoxy) is 1. The molecule has 6 heteroatoms. The van der Waals surface area contributed by atoms with Crippen LogP contribution in [0.3, 0.4) is 0 Å². The van der Waals surface area contributed by atoms with Gasteiger partial charge in [0.05, 0.1) is 11.5 Å². The number of hydrogen-bond donors (Lipinski definition) is 1. The lowest BCUT2D eigenvalue weighted by Crippen LogP contribution is -2.41. The van der Waals surface area contributed by atoms with Crippen LogP contribution in [-0.4, -0.2) is 50.2 Å². The summed E-state index contributed by atoms with van der Waals surface area (Å²) >= 11 is 1.51. The van der Waals surface area contributed by atoms with Crippen LogP contribution >= 0.6 is 23.7 Å². The van der Waals surface area contributed by atoms with Crippen molar-refractivity contribution >= 4 is 29.7 Å². The molecule has 1 amide bonds. The Balaban J connectivity index is 0.00000161. The minimum Gasteiger partial charge on any atom is -0.383 e. The van der Waals surface area contributed by atoms with E-state index in [-0.39, 0.29) is 18.3 Å². The molecule has 0 aromatic carbocycles. The average molecular weight is 331 g/mol. The van der Waals surface area contributed by atoms with Gasteiger partial charge in [0.2, 0.25) is 0 Å². The number of carbonyl (C=O) groups excluding carboxylic acids is 1. The van der Waals surface area contributed by atoms with Crippen LogP contribution in [0.4, 0.5) is 0 Å². The number of thiophene rings is 1. The molecule has 1 aromatic rings. The summed E-state index contributed by atoms with van der Waals surface area (Å²) in [5.74, 6) is 1.52. The van der Waals surface area contributed by atoms with Gasteiger partial charge in [-0.3, -0.25) is 9.69 Å². The molecule has 21 heavy (non-hydrogen) atoms. The Labute approximate surface area is 136 Å². The lowest BCUT2D eigenvalue weighted by atomic mass is 9.98. The van der Waals surface area contributed by atoms with Crippen molar-refractivity contribution in [2.24, 2.45) is 11.8 Å². The summed E-state index contributed by atoms with van der Waals surface area (Å²) in [5, 5.41) is 5.20. The number of likely N-dealkylation sites (tertiary alicyclic amines) is 1. The molecule has 4 nitrogen and oxygen atoms in total. The molecular formula is C15H23ClN2O2S. The molecule has 1 aliphatic heterocycles. The molecule has 0 bridgehead atoms. The first-order valence-electron chi connectivity index (χ1n) is 7.33. The number of hydrogen-bond acceptors (Lipinski definition) is 4. The van der Waals surface area contributed by atoms with Gasteiger partial charge in [0, 0.05) is 32.8 Å². The van der Waals surface area contributed by atoms with Gasteiger partial charge in [0.15, 0.2) is 0 Å². The maximum absolute atomic E-state index is 12.2. The van der Waals surface area contributed by atoms with Gasteiger partial charge in [-0.05, 0) is 36.1 Å². The average Bonchev–Trinajstić information content (AvgIpc) is 3.00. The van der Waals surface area contributed by atoms with Crippen molar-refractivity contribution in [3.8, 4) is 0 Å². The fraction of sp³-hybridized carbons (Fsp3) is 0.667. The van der Waals surface area contributed by atoms with Crippen molar-refractivity contribution in [2.45, 2.75) is 18.9 Å². The number of halogens is 1. The normalized spacial score (nSPS) is 25.6. The van der Waals surface area contributed by atoms with Crippen molar-refractivity contribution in [3.63, 3.8) is 0 Å². The number of methoxy groups -OCH3 is 1. The van der Waals surface area contributed by atoms with E-state index < -0.39 is 0 Å². The van der Waals surface area contributed by atoms with Gasteiger partial charge in [-0.1, -0.05) is 6.07 Å². The fourth-order valence-corrected chi connectivity index (χ4v) is 3.75. The molecule has 2 heterocycles. The fourth-order valence-electron chi connectivity index (χ4n) is 3.12. The highest BCUT2D eigenvalue weighted by molar-refractivity contribution is 7.12. The van der Waals surface area contributed by atoms with Crippen molar-refractivity contribution in [1.29, 1.82) is 0 Å². The van der Waals surface area contributed by atoms with Crippen LogP contribution in [0.15, 0.2) is 17.5 Å². The molecule has 118 valence electrons. The van der Waals surface area contributed by atoms with E-state index in [4.69, 9.17) is 4.74 Å². The Morgan fingerprint density at radius 3 is 2.90 bits per heavy atom. The second-order valence-corrected chi connectivity index (χ2v) is 6.76. The van der Waals surface area contributed by atoms with E-state index in [1.165, 1.54) is 24.2 Å². The Morgan fingerprint density at radius 1 is 1.48 bits per heavy atom. The van der Waals surface area contributed by atoms with Crippen LogP contribution in [0.1, 0.15) is 22.5 Å². The molecule has 1 N–H and O–H groups in total. The Hall–Kier alpha value is -0.620. The first kappa shape index (κ1) is 16.7.